The molecule has 94 valence electrons. The quantitative estimate of drug-likeness (QED) is 0.849. The number of benzene rings is 1. The number of carbonyl (C=O) groups is 1. The molecule has 0 bridgehead atoms. The van der Waals surface area contributed by atoms with Crippen LogP contribution in [0.15, 0.2) is 39.8 Å². The molecule has 2 rings (SSSR count). The van der Waals surface area contributed by atoms with E-state index in [1.54, 1.807) is 11.8 Å². The van der Waals surface area contributed by atoms with Gasteiger partial charge in [-0.1, -0.05) is 6.07 Å². The van der Waals surface area contributed by atoms with Gasteiger partial charge < -0.3 is 9.52 Å². The number of thioether (sulfide) groups is 1. The third-order valence-electron chi connectivity index (χ3n) is 2.82. The van der Waals surface area contributed by atoms with E-state index < -0.39 is 5.97 Å². The minimum absolute atomic E-state index is 0.242. The van der Waals surface area contributed by atoms with E-state index in [2.05, 4.69) is 26.0 Å². The van der Waals surface area contributed by atoms with E-state index in [0.717, 1.165) is 4.90 Å². The Morgan fingerprint density at radius 2 is 2.06 bits per heavy atom. The Morgan fingerprint density at radius 1 is 1.28 bits per heavy atom. The monoisotopic (exact) mass is 262 g/mol. The number of hydrogen-bond donors (Lipinski definition) is 1. The minimum atomic E-state index is -0.945. The average Bonchev–Trinajstić information content (AvgIpc) is 2.79. The zero-order valence-corrected chi connectivity index (χ0v) is 11.1. The fraction of sp³-hybridized carbons (Fsp3) is 0.214. The van der Waals surface area contributed by atoms with Crippen molar-refractivity contribution in [1.29, 1.82) is 0 Å². The van der Waals surface area contributed by atoms with Gasteiger partial charge in [-0.2, -0.15) is 0 Å². The molecule has 0 aliphatic heterocycles. The minimum Gasteiger partial charge on any atom is -0.478 e. The maximum Gasteiger partial charge on any atom is 0.339 e. The van der Waals surface area contributed by atoms with Crippen LogP contribution in [0, 0.1) is 13.8 Å². The van der Waals surface area contributed by atoms with E-state index >= 15 is 0 Å². The zero-order valence-electron chi connectivity index (χ0n) is 10.3. The van der Waals surface area contributed by atoms with Crippen LogP contribution < -0.4 is 0 Å². The van der Waals surface area contributed by atoms with Crippen molar-refractivity contribution in [3.8, 4) is 0 Å². The third-order valence-corrected chi connectivity index (χ3v) is 3.82. The molecular weight excluding hydrogens is 248 g/mol. The lowest BCUT2D eigenvalue weighted by Crippen LogP contribution is -1.97. The number of furan rings is 1. The van der Waals surface area contributed by atoms with Crippen molar-refractivity contribution >= 4 is 17.7 Å². The van der Waals surface area contributed by atoms with Gasteiger partial charge in [0.05, 0.1) is 12.0 Å². The highest BCUT2D eigenvalue weighted by Crippen LogP contribution is 2.26. The second-order valence-corrected chi connectivity index (χ2v) is 5.15. The first-order chi connectivity index (χ1) is 8.58. The number of aryl methyl sites for hydroxylation is 2. The number of aromatic carboxylic acids is 1. The molecule has 0 aliphatic carbocycles. The summed E-state index contributed by atoms with van der Waals surface area (Å²) in [4.78, 5) is 12.0. The largest absolute Gasteiger partial charge is 0.478 e. The summed E-state index contributed by atoms with van der Waals surface area (Å²) in [7, 11) is 0. The molecule has 0 saturated heterocycles. The summed E-state index contributed by atoms with van der Waals surface area (Å²) in [6.45, 7) is 4.13. The van der Waals surface area contributed by atoms with Crippen LogP contribution in [0.3, 0.4) is 0 Å². The first kappa shape index (κ1) is 12.8. The molecule has 1 aromatic heterocycles. The molecule has 1 N–H and O–H groups in total. The van der Waals surface area contributed by atoms with Gasteiger partial charge in [0.2, 0.25) is 0 Å². The molecule has 0 saturated carbocycles. The molecule has 1 heterocycles. The highest BCUT2D eigenvalue weighted by Gasteiger charge is 2.13. The Morgan fingerprint density at radius 3 is 2.72 bits per heavy atom. The van der Waals surface area contributed by atoms with Crippen LogP contribution in [0.1, 0.15) is 27.2 Å². The van der Waals surface area contributed by atoms with Gasteiger partial charge in [0.1, 0.15) is 11.3 Å². The summed E-state index contributed by atoms with van der Waals surface area (Å²) in [6, 6.07) is 7.69. The molecular formula is C14H14O3S. The predicted molar refractivity (Wildman–Crippen MR) is 71.1 cm³/mol. The molecule has 0 atom stereocenters. The SMILES string of the molecule is Cc1ccc(SCc2occc2C(=O)O)cc1C. The molecule has 2 aromatic rings. The fourth-order valence-electron chi connectivity index (χ4n) is 1.60. The standard InChI is InChI=1S/C14H14O3S/c1-9-3-4-11(7-10(9)2)18-8-13-12(14(15)16)5-6-17-13/h3-7H,8H2,1-2H3,(H,15,16). The van der Waals surface area contributed by atoms with E-state index in [1.165, 1.54) is 23.5 Å². The van der Waals surface area contributed by atoms with Gasteiger partial charge in [-0.15, -0.1) is 11.8 Å². The summed E-state index contributed by atoms with van der Waals surface area (Å²) in [5.41, 5.74) is 2.73. The summed E-state index contributed by atoms with van der Waals surface area (Å²) in [5, 5.41) is 8.96. The molecule has 0 amide bonds. The van der Waals surface area contributed by atoms with Crippen molar-refractivity contribution in [3.05, 3.63) is 53.0 Å². The predicted octanol–water partition coefficient (Wildman–Crippen LogP) is 3.89. The summed E-state index contributed by atoms with van der Waals surface area (Å²) < 4.78 is 5.20. The Hall–Kier alpha value is -1.68. The van der Waals surface area contributed by atoms with Crippen molar-refractivity contribution in [2.45, 2.75) is 24.5 Å². The highest BCUT2D eigenvalue weighted by atomic mass is 32.2. The van der Waals surface area contributed by atoms with Crippen LogP contribution >= 0.6 is 11.8 Å². The molecule has 0 radical (unpaired) electrons. The molecule has 4 heteroatoms. The molecule has 0 spiro atoms. The summed E-state index contributed by atoms with van der Waals surface area (Å²) in [6.07, 6.45) is 1.42. The third kappa shape index (κ3) is 2.76. The summed E-state index contributed by atoms with van der Waals surface area (Å²) in [5.74, 6) is 0.0853. The van der Waals surface area contributed by atoms with Crippen LogP contribution in [0.2, 0.25) is 0 Å². The average molecular weight is 262 g/mol. The lowest BCUT2D eigenvalue weighted by Gasteiger charge is -2.04. The van der Waals surface area contributed by atoms with Crippen molar-refractivity contribution < 1.29 is 14.3 Å². The Bertz CT molecular complexity index is 572. The molecule has 1 aromatic carbocycles. The highest BCUT2D eigenvalue weighted by molar-refractivity contribution is 7.98. The Kier molecular flexibility index (Phi) is 3.77. The van der Waals surface area contributed by atoms with Gasteiger partial charge in [-0.25, -0.2) is 4.79 Å². The lowest BCUT2D eigenvalue weighted by atomic mass is 10.1. The van der Waals surface area contributed by atoms with Crippen molar-refractivity contribution in [2.75, 3.05) is 0 Å². The van der Waals surface area contributed by atoms with Gasteiger partial charge in [-0.05, 0) is 43.2 Å². The smallest absolute Gasteiger partial charge is 0.339 e. The summed E-state index contributed by atoms with van der Waals surface area (Å²) >= 11 is 1.58. The lowest BCUT2D eigenvalue weighted by molar-refractivity contribution is 0.0695. The number of hydrogen-bond acceptors (Lipinski definition) is 3. The van der Waals surface area contributed by atoms with Gasteiger partial charge in [-0.3, -0.25) is 0 Å². The van der Waals surface area contributed by atoms with E-state index in [-0.39, 0.29) is 5.56 Å². The van der Waals surface area contributed by atoms with Gasteiger partial charge in [0.25, 0.3) is 0 Å². The normalized spacial score (nSPS) is 10.6. The first-order valence-electron chi connectivity index (χ1n) is 5.57. The van der Waals surface area contributed by atoms with Crippen LogP contribution in [0.4, 0.5) is 0 Å². The van der Waals surface area contributed by atoms with Gasteiger partial charge in [0, 0.05) is 4.90 Å². The van der Waals surface area contributed by atoms with E-state index in [0.29, 0.717) is 11.5 Å². The van der Waals surface area contributed by atoms with E-state index in [4.69, 9.17) is 9.52 Å². The molecule has 0 unspecified atom stereocenters. The Labute approximate surface area is 110 Å². The molecule has 0 fully saturated rings. The second kappa shape index (κ2) is 5.31. The van der Waals surface area contributed by atoms with E-state index in [1.807, 2.05) is 6.07 Å². The van der Waals surface area contributed by atoms with Crippen LogP contribution in [0.25, 0.3) is 0 Å². The molecule has 3 nitrogen and oxygen atoms in total. The topological polar surface area (TPSA) is 50.4 Å². The number of rotatable bonds is 4. The molecule has 18 heavy (non-hydrogen) atoms. The maximum absolute atomic E-state index is 10.9. The fourth-order valence-corrected chi connectivity index (χ4v) is 2.54. The number of carboxylic acids is 1. The van der Waals surface area contributed by atoms with Crippen LogP contribution in [0.5, 0.6) is 0 Å². The zero-order chi connectivity index (χ0) is 13.1. The first-order valence-corrected chi connectivity index (χ1v) is 6.56. The van der Waals surface area contributed by atoms with Crippen molar-refractivity contribution in [3.63, 3.8) is 0 Å². The Balaban J connectivity index is 2.09. The van der Waals surface area contributed by atoms with E-state index in [9.17, 15) is 4.79 Å². The van der Waals surface area contributed by atoms with Gasteiger partial charge in [0.15, 0.2) is 0 Å². The molecule has 0 aliphatic rings. The van der Waals surface area contributed by atoms with Crippen molar-refractivity contribution in [1.82, 2.24) is 0 Å². The van der Waals surface area contributed by atoms with Gasteiger partial charge >= 0.3 is 5.97 Å². The van der Waals surface area contributed by atoms with Crippen LogP contribution in [-0.2, 0) is 5.75 Å². The van der Waals surface area contributed by atoms with Crippen molar-refractivity contribution in [2.24, 2.45) is 0 Å². The van der Waals surface area contributed by atoms with Crippen LogP contribution in [-0.4, -0.2) is 11.1 Å². The maximum atomic E-state index is 10.9. The second-order valence-electron chi connectivity index (χ2n) is 4.10. The number of carboxylic acid groups (broad SMARTS) is 1.